The van der Waals surface area contributed by atoms with Gasteiger partial charge >= 0.3 is 0 Å². The van der Waals surface area contributed by atoms with Gasteiger partial charge in [-0.2, -0.15) is 0 Å². The van der Waals surface area contributed by atoms with Gasteiger partial charge in [0.15, 0.2) is 0 Å². The predicted molar refractivity (Wildman–Crippen MR) is 139 cm³/mol. The third-order valence-electron chi connectivity index (χ3n) is 6.45. The molecule has 0 radical (unpaired) electrons. The van der Waals surface area contributed by atoms with Crippen LogP contribution in [0.1, 0.15) is 33.7 Å². The summed E-state index contributed by atoms with van der Waals surface area (Å²) in [7, 11) is 1.57. The number of ether oxygens (including phenoxy) is 1. The molecule has 1 N–H and O–H groups in total. The van der Waals surface area contributed by atoms with Crippen molar-refractivity contribution < 1.29 is 18.7 Å². The molecule has 1 aliphatic heterocycles. The van der Waals surface area contributed by atoms with Gasteiger partial charge in [0, 0.05) is 48.3 Å². The number of anilines is 1. The molecule has 0 atom stereocenters. The van der Waals surface area contributed by atoms with Gasteiger partial charge in [0.05, 0.1) is 7.11 Å². The average Bonchev–Trinajstić information content (AvgIpc) is 3.36. The summed E-state index contributed by atoms with van der Waals surface area (Å²) in [5, 5.41) is 2.91. The minimum absolute atomic E-state index is 0.170. The van der Waals surface area contributed by atoms with Crippen LogP contribution in [-0.4, -0.2) is 30.4 Å². The van der Waals surface area contributed by atoms with Gasteiger partial charge < -0.3 is 19.4 Å². The van der Waals surface area contributed by atoms with Crippen molar-refractivity contribution in [3.8, 4) is 17.1 Å². The Hall–Kier alpha value is -4.32. The summed E-state index contributed by atoms with van der Waals surface area (Å²) >= 11 is 0. The van der Waals surface area contributed by atoms with Gasteiger partial charge in [0.1, 0.15) is 17.3 Å². The molecule has 0 bridgehead atoms. The van der Waals surface area contributed by atoms with Crippen molar-refractivity contribution in [1.29, 1.82) is 0 Å². The number of hydrogen-bond acceptors (Lipinski definition) is 4. The molecule has 36 heavy (non-hydrogen) atoms. The summed E-state index contributed by atoms with van der Waals surface area (Å²) in [5.74, 6) is 2.31. The van der Waals surface area contributed by atoms with Crippen LogP contribution in [0.25, 0.3) is 11.3 Å². The summed E-state index contributed by atoms with van der Waals surface area (Å²) in [6, 6.07) is 26.7. The number of aryl methyl sites for hydroxylation is 1. The van der Waals surface area contributed by atoms with Crippen LogP contribution in [0.5, 0.6) is 5.75 Å². The van der Waals surface area contributed by atoms with Crippen LogP contribution in [-0.2, 0) is 24.2 Å². The van der Waals surface area contributed by atoms with Crippen LogP contribution in [0.2, 0.25) is 0 Å². The molecule has 6 nitrogen and oxygen atoms in total. The zero-order valence-electron chi connectivity index (χ0n) is 20.2. The van der Waals surface area contributed by atoms with Gasteiger partial charge in [0.2, 0.25) is 5.91 Å². The Bertz CT molecular complexity index is 1360. The van der Waals surface area contributed by atoms with Gasteiger partial charge in [-0.05, 0) is 60.5 Å². The third-order valence-corrected chi connectivity index (χ3v) is 6.45. The van der Waals surface area contributed by atoms with Crippen molar-refractivity contribution in [3.63, 3.8) is 0 Å². The zero-order valence-corrected chi connectivity index (χ0v) is 20.2. The number of hydrogen-bond donors (Lipinski definition) is 1. The lowest BCUT2D eigenvalue weighted by Crippen LogP contribution is -2.35. The first-order chi connectivity index (χ1) is 17.6. The molecule has 2 amide bonds. The Kier molecular flexibility index (Phi) is 6.85. The van der Waals surface area contributed by atoms with Crippen molar-refractivity contribution in [3.05, 3.63) is 107 Å². The highest BCUT2D eigenvalue weighted by molar-refractivity contribution is 6.04. The van der Waals surface area contributed by atoms with E-state index in [1.807, 2.05) is 53.4 Å². The molecule has 5 rings (SSSR count). The fourth-order valence-electron chi connectivity index (χ4n) is 4.43. The standard InChI is InChI=1S/C30H28N2O4/c1-35-26-9-5-8-23(18-26)30(34)31-25-13-11-22(12-14-25)28-19-24-20-32(17-16-27(24)36-28)29(33)15-10-21-6-3-2-4-7-21/h2-9,11-14,18-19H,10,15-17,20H2,1H3,(H,31,34). The van der Waals surface area contributed by atoms with E-state index in [0.717, 1.165) is 29.1 Å². The third kappa shape index (κ3) is 5.33. The topological polar surface area (TPSA) is 71.8 Å². The molecular weight excluding hydrogens is 452 g/mol. The van der Waals surface area contributed by atoms with Crippen molar-refractivity contribution in [2.24, 2.45) is 0 Å². The van der Waals surface area contributed by atoms with Crippen LogP contribution >= 0.6 is 0 Å². The number of rotatable bonds is 7. The van der Waals surface area contributed by atoms with Gasteiger partial charge in [-0.15, -0.1) is 0 Å². The molecule has 2 heterocycles. The number of nitrogens with zero attached hydrogens (tertiary/aromatic N) is 1. The van der Waals surface area contributed by atoms with Crippen LogP contribution in [0.15, 0.2) is 89.3 Å². The van der Waals surface area contributed by atoms with Crippen LogP contribution in [0, 0.1) is 0 Å². The molecule has 0 saturated heterocycles. The van der Waals surface area contributed by atoms with Crippen molar-refractivity contribution in [1.82, 2.24) is 4.90 Å². The average molecular weight is 481 g/mol. The second-order valence-electron chi connectivity index (χ2n) is 8.87. The number of furan rings is 1. The fourth-order valence-corrected chi connectivity index (χ4v) is 4.43. The smallest absolute Gasteiger partial charge is 0.255 e. The summed E-state index contributed by atoms with van der Waals surface area (Å²) in [6.07, 6.45) is 1.97. The van der Waals surface area contributed by atoms with Gasteiger partial charge in [-0.1, -0.05) is 36.4 Å². The molecule has 0 spiro atoms. The van der Waals surface area contributed by atoms with E-state index in [4.69, 9.17) is 9.15 Å². The zero-order chi connectivity index (χ0) is 24.9. The first kappa shape index (κ1) is 23.4. The number of carbonyl (C=O) groups is 2. The second kappa shape index (κ2) is 10.5. The minimum Gasteiger partial charge on any atom is -0.497 e. The number of benzene rings is 3. The van der Waals surface area contributed by atoms with E-state index in [2.05, 4.69) is 17.4 Å². The van der Waals surface area contributed by atoms with Crippen LogP contribution < -0.4 is 10.1 Å². The highest BCUT2D eigenvalue weighted by Crippen LogP contribution is 2.30. The number of carbonyl (C=O) groups excluding carboxylic acids is 2. The molecule has 0 fully saturated rings. The lowest BCUT2D eigenvalue weighted by Gasteiger charge is -2.26. The van der Waals surface area contributed by atoms with Gasteiger partial charge in [-0.25, -0.2) is 0 Å². The highest BCUT2D eigenvalue weighted by atomic mass is 16.5. The number of methoxy groups -OCH3 is 1. The largest absolute Gasteiger partial charge is 0.497 e. The van der Waals surface area contributed by atoms with Crippen LogP contribution in [0.3, 0.4) is 0 Å². The number of fused-ring (bicyclic) bond motifs is 1. The molecule has 0 saturated carbocycles. The molecule has 4 aromatic rings. The van der Waals surface area contributed by atoms with E-state index in [1.54, 1.807) is 31.4 Å². The summed E-state index contributed by atoms with van der Waals surface area (Å²) in [5.41, 5.74) is 4.38. The fraction of sp³-hybridized carbons (Fsp3) is 0.200. The SMILES string of the molecule is COc1cccc(C(=O)Nc2ccc(-c3cc4c(o3)CCN(C(=O)CCc3ccccc3)C4)cc2)c1. The van der Waals surface area contributed by atoms with E-state index in [1.165, 1.54) is 5.56 Å². The molecule has 6 heteroatoms. The Balaban J connectivity index is 1.21. The Morgan fingerprint density at radius 3 is 2.56 bits per heavy atom. The summed E-state index contributed by atoms with van der Waals surface area (Å²) in [6.45, 7) is 1.24. The molecule has 182 valence electrons. The number of amides is 2. The predicted octanol–water partition coefficient (Wildman–Crippen LogP) is 5.73. The van der Waals surface area contributed by atoms with Crippen LogP contribution in [0.4, 0.5) is 5.69 Å². The van der Waals surface area contributed by atoms with E-state index < -0.39 is 0 Å². The maximum atomic E-state index is 12.8. The number of nitrogens with one attached hydrogen (secondary N) is 1. The Morgan fingerprint density at radius 1 is 0.972 bits per heavy atom. The molecule has 0 unspecified atom stereocenters. The lowest BCUT2D eigenvalue weighted by molar-refractivity contribution is -0.132. The lowest BCUT2D eigenvalue weighted by atomic mass is 10.1. The van der Waals surface area contributed by atoms with Crippen molar-refractivity contribution >= 4 is 17.5 Å². The van der Waals surface area contributed by atoms with E-state index in [0.29, 0.717) is 42.9 Å². The monoisotopic (exact) mass is 480 g/mol. The molecule has 0 aliphatic carbocycles. The van der Waals surface area contributed by atoms with Crippen molar-refractivity contribution in [2.75, 3.05) is 19.0 Å². The minimum atomic E-state index is -0.202. The highest BCUT2D eigenvalue weighted by Gasteiger charge is 2.24. The molecule has 1 aliphatic rings. The quantitative estimate of drug-likeness (QED) is 0.367. The van der Waals surface area contributed by atoms with E-state index >= 15 is 0 Å². The second-order valence-corrected chi connectivity index (χ2v) is 8.87. The maximum Gasteiger partial charge on any atom is 0.255 e. The summed E-state index contributed by atoms with van der Waals surface area (Å²) in [4.78, 5) is 27.3. The van der Waals surface area contributed by atoms with Gasteiger partial charge in [-0.3, -0.25) is 9.59 Å². The summed E-state index contributed by atoms with van der Waals surface area (Å²) < 4.78 is 11.3. The van der Waals surface area contributed by atoms with Gasteiger partial charge in [0.25, 0.3) is 5.91 Å². The van der Waals surface area contributed by atoms with Crippen molar-refractivity contribution in [2.45, 2.75) is 25.8 Å². The Morgan fingerprint density at radius 2 is 1.78 bits per heavy atom. The maximum absolute atomic E-state index is 12.8. The Labute approximate surface area is 210 Å². The molecule has 3 aromatic carbocycles. The first-order valence-electron chi connectivity index (χ1n) is 12.1. The van der Waals surface area contributed by atoms with E-state index in [-0.39, 0.29) is 11.8 Å². The molecular formula is C30H28N2O4. The van der Waals surface area contributed by atoms with E-state index in [9.17, 15) is 9.59 Å². The molecule has 1 aromatic heterocycles. The first-order valence-corrected chi connectivity index (χ1v) is 12.1. The normalized spacial score (nSPS) is 12.6.